The van der Waals surface area contributed by atoms with Gasteiger partial charge in [0.2, 0.25) is 0 Å². The Bertz CT molecular complexity index is 4280. The number of thiophene rings is 1. The van der Waals surface area contributed by atoms with Crippen molar-refractivity contribution in [2.75, 3.05) is 14.7 Å². The number of para-hydroxylation sites is 3. The molecular formula is C69H55BN4S. The molecule has 0 N–H and O–H groups in total. The molecule has 10 aromatic carbocycles. The predicted octanol–water partition coefficient (Wildman–Crippen LogP) is 17.6. The van der Waals surface area contributed by atoms with Crippen LogP contribution in [-0.4, -0.2) is 11.3 Å². The number of anilines is 9. The Balaban J connectivity index is 0.981. The highest BCUT2D eigenvalue weighted by molar-refractivity contribution is 7.26. The van der Waals surface area contributed by atoms with Gasteiger partial charge in [-0.25, -0.2) is 0 Å². The molecule has 0 fully saturated rings. The molecule has 4 nitrogen and oxygen atoms in total. The molecule has 0 radical (unpaired) electrons. The minimum Gasteiger partial charge on any atom is -0.311 e. The van der Waals surface area contributed by atoms with Gasteiger partial charge in [-0.2, -0.15) is 0 Å². The van der Waals surface area contributed by atoms with Gasteiger partial charge >= 0.3 is 0 Å². The number of hydrogen-bond donors (Lipinski definition) is 0. The average Bonchev–Trinajstić information content (AvgIpc) is 4.13. The van der Waals surface area contributed by atoms with E-state index in [0.717, 1.165) is 22.7 Å². The zero-order valence-corrected chi connectivity index (χ0v) is 44.2. The zero-order valence-electron chi connectivity index (χ0n) is 43.4. The smallest absolute Gasteiger partial charge is 0.252 e. The lowest BCUT2D eigenvalue weighted by atomic mass is 9.33. The number of nitrogens with zero attached hydrogens (tertiary/aromatic N) is 4. The van der Waals surface area contributed by atoms with Gasteiger partial charge in [-0.05, 0) is 153 Å². The molecule has 3 aliphatic rings. The number of aryl methyl sites for hydroxylation is 1. The summed E-state index contributed by atoms with van der Waals surface area (Å²) in [5.41, 5.74) is 24.6. The van der Waals surface area contributed by atoms with Crippen LogP contribution in [0.25, 0.3) is 58.8 Å². The Morgan fingerprint density at radius 1 is 0.453 bits per heavy atom. The normalized spacial score (nSPS) is 13.5. The monoisotopic (exact) mass is 982 g/mol. The van der Waals surface area contributed by atoms with Crippen molar-refractivity contribution < 1.29 is 0 Å². The summed E-state index contributed by atoms with van der Waals surface area (Å²) in [6, 6.07) is 78.5. The molecule has 2 aromatic heterocycles. The Kier molecular flexibility index (Phi) is 9.34. The molecule has 0 amide bonds. The summed E-state index contributed by atoms with van der Waals surface area (Å²) in [4.78, 5) is 7.63. The maximum atomic E-state index is 2.60. The predicted molar refractivity (Wildman–Crippen MR) is 324 cm³/mol. The highest BCUT2D eigenvalue weighted by atomic mass is 32.1. The molecule has 0 saturated heterocycles. The fourth-order valence-corrected chi connectivity index (χ4v) is 14.0. The summed E-state index contributed by atoms with van der Waals surface area (Å²) >= 11 is 1.88. The van der Waals surface area contributed by atoms with Crippen molar-refractivity contribution in [2.45, 2.75) is 59.3 Å². The van der Waals surface area contributed by atoms with Crippen molar-refractivity contribution in [2.24, 2.45) is 0 Å². The van der Waals surface area contributed by atoms with E-state index < -0.39 is 0 Å². The Morgan fingerprint density at radius 2 is 1.05 bits per heavy atom. The molecule has 6 heteroatoms. The summed E-state index contributed by atoms with van der Waals surface area (Å²) in [5, 5.41) is 5.20. The van der Waals surface area contributed by atoms with E-state index in [9.17, 15) is 0 Å². The maximum Gasteiger partial charge on any atom is 0.252 e. The first-order chi connectivity index (χ1) is 36.4. The highest BCUT2D eigenvalue weighted by Crippen LogP contribution is 2.53. The van der Waals surface area contributed by atoms with Crippen molar-refractivity contribution in [1.82, 2.24) is 4.57 Å². The van der Waals surface area contributed by atoms with Crippen molar-refractivity contribution in [1.29, 1.82) is 0 Å². The van der Waals surface area contributed by atoms with Gasteiger partial charge in [0.05, 0.1) is 28.1 Å². The molecule has 0 unspecified atom stereocenters. The number of benzene rings is 10. The average molecular weight is 983 g/mol. The van der Waals surface area contributed by atoms with E-state index in [1.165, 1.54) is 120 Å². The number of aromatic nitrogens is 1. The van der Waals surface area contributed by atoms with Crippen molar-refractivity contribution in [3.8, 4) is 16.8 Å². The molecule has 5 heterocycles. The number of fused-ring (bicyclic) bond motifs is 12. The molecular weight excluding hydrogens is 928 g/mol. The number of rotatable bonds is 5. The van der Waals surface area contributed by atoms with Gasteiger partial charge in [-0.3, -0.25) is 0 Å². The van der Waals surface area contributed by atoms with Crippen molar-refractivity contribution >= 4 is 128 Å². The van der Waals surface area contributed by atoms with Crippen LogP contribution >= 0.6 is 11.3 Å². The van der Waals surface area contributed by atoms with Crippen LogP contribution in [0.5, 0.6) is 0 Å². The standard InChI is InChI=1S/C69H55BN4S/c1-42-39-60-65-61(40-42)74-57-21-12-18-52-51-15-8-10-20-56(51)73(66(52)57)58-22-14-19-55(67(58)74)70(65)54-38-37-49(71(46-33-27-44(28-34-46)68(2,3)4)47-35-29-45(30-36-47)69(5,6)7)41-59(54)72(60)48-31-25-43(26-32-48)50-17-13-24-63-64(50)53-16-9-11-23-62(53)75-63/h8-41H,1-7H3. The second kappa shape index (κ2) is 15.8. The van der Waals surface area contributed by atoms with Crippen LogP contribution in [0.2, 0.25) is 0 Å². The minimum absolute atomic E-state index is 0.0287. The van der Waals surface area contributed by atoms with Gasteiger partial charge in [0.25, 0.3) is 6.71 Å². The lowest BCUT2D eigenvalue weighted by Gasteiger charge is -2.46. The summed E-state index contributed by atoms with van der Waals surface area (Å²) < 4.78 is 5.17. The van der Waals surface area contributed by atoms with E-state index in [1.807, 2.05) is 11.3 Å². The molecule has 3 aliphatic heterocycles. The number of hydrogen-bond acceptors (Lipinski definition) is 4. The highest BCUT2D eigenvalue weighted by Gasteiger charge is 2.46. The van der Waals surface area contributed by atoms with Gasteiger partial charge in [0, 0.05) is 70.8 Å². The van der Waals surface area contributed by atoms with Gasteiger partial charge < -0.3 is 19.3 Å². The summed E-state index contributed by atoms with van der Waals surface area (Å²) in [6.45, 7) is 16.0. The van der Waals surface area contributed by atoms with Crippen LogP contribution in [0.3, 0.4) is 0 Å². The van der Waals surface area contributed by atoms with Crippen LogP contribution in [0.4, 0.5) is 51.2 Å². The molecule has 75 heavy (non-hydrogen) atoms. The van der Waals surface area contributed by atoms with E-state index in [1.54, 1.807) is 0 Å². The maximum absolute atomic E-state index is 2.60. The molecule has 0 spiro atoms. The molecule has 0 saturated carbocycles. The third kappa shape index (κ3) is 6.48. The van der Waals surface area contributed by atoms with Crippen molar-refractivity contribution in [3.63, 3.8) is 0 Å². The fraction of sp³-hybridized carbons (Fsp3) is 0.130. The van der Waals surface area contributed by atoms with Crippen LogP contribution in [-0.2, 0) is 10.8 Å². The molecule has 0 atom stereocenters. The third-order valence-corrected chi connectivity index (χ3v) is 17.6. The quantitative estimate of drug-likeness (QED) is 0.160. The lowest BCUT2D eigenvalue weighted by Crippen LogP contribution is -2.61. The lowest BCUT2D eigenvalue weighted by molar-refractivity contribution is 0.590. The first kappa shape index (κ1) is 44.2. The van der Waals surface area contributed by atoms with Crippen LogP contribution < -0.4 is 31.1 Å². The van der Waals surface area contributed by atoms with Gasteiger partial charge in [0.1, 0.15) is 0 Å². The van der Waals surface area contributed by atoms with Crippen molar-refractivity contribution in [3.05, 3.63) is 223 Å². The Labute approximate surface area is 443 Å². The van der Waals surface area contributed by atoms with E-state index in [4.69, 9.17) is 0 Å². The minimum atomic E-state index is -0.0287. The van der Waals surface area contributed by atoms with E-state index in [2.05, 4.69) is 274 Å². The fourth-order valence-electron chi connectivity index (χ4n) is 12.9. The Hall–Kier alpha value is -8.32. The second-order valence-electron chi connectivity index (χ2n) is 23.1. The van der Waals surface area contributed by atoms with E-state index in [-0.39, 0.29) is 17.5 Å². The van der Waals surface area contributed by atoms with Crippen LogP contribution in [0.1, 0.15) is 58.2 Å². The molecule has 12 aromatic rings. The summed E-state index contributed by atoms with van der Waals surface area (Å²) in [6.07, 6.45) is 0. The van der Waals surface area contributed by atoms with Crippen LogP contribution in [0, 0.1) is 6.92 Å². The first-order valence-corrected chi connectivity index (χ1v) is 27.3. The van der Waals surface area contributed by atoms with E-state index >= 15 is 0 Å². The SMILES string of the molecule is Cc1cc2c3c(c1)N1c4c(cccc4-n4c5ccccc5c5cccc1c54)B3c1ccc(N(c3ccc(C(C)(C)C)cc3)c3ccc(C(C)(C)C)cc3)cc1N2c1ccc(-c2cccc3sc4ccccc4c23)cc1. The largest absolute Gasteiger partial charge is 0.311 e. The summed E-state index contributed by atoms with van der Waals surface area (Å²) in [5.74, 6) is 0. The third-order valence-electron chi connectivity index (χ3n) is 16.4. The molecule has 0 bridgehead atoms. The van der Waals surface area contributed by atoms with Gasteiger partial charge in [-0.1, -0.05) is 157 Å². The van der Waals surface area contributed by atoms with Crippen LogP contribution in [0.15, 0.2) is 206 Å². The molecule has 15 rings (SSSR count). The second-order valence-corrected chi connectivity index (χ2v) is 24.1. The molecule has 360 valence electrons. The topological polar surface area (TPSA) is 14.7 Å². The summed E-state index contributed by atoms with van der Waals surface area (Å²) in [7, 11) is 0. The zero-order chi connectivity index (χ0) is 50.6. The molecule has 0 aliphatic carbocycles. The Morgan fingerprint density at radius 3 is 1.77 bits per heavy atom. The first-order valence-electron chi connectivity index (χ1n) is 26.5. The van der Waals surface area contributed by atoms with Gasteiger partial charge in [0.15, 0.2) is 0 Å². The van der Waals surface area contributed by atoms with E-state index in [0.29, 0.717) is 0 Å². The van der Waals surface area contributed by atoms with Gasteiger partial charge in [-0.15, -0.1) is 11.3 Å².